The Morgan fingerprint density at radius 1 is 1.40 bits per heavy atom. The quantitative estimate of drug-likeness (QED) is 0.732. The van der Waals surface area contributed by atoms with Gasteiger partial charge in [-0.1, -0.05) is 20.3 Å². The summed E-state index contributed by atoms with van der Waals surface area (Å²) in [5.74, 6) is 0.331. The van der Waals surface area contributed by atoms with Gasteiger partial charge in [0, 0.05) is 6.04 Å². The lowest BCUT2D eigenvalue weighted by molar-refractivity contribution is -0.000674. The molecule has 2 unspecified atom stereocenters. The van der Waals surface area contributed by atoms with E-state index in [0.717, 1.165) is 25.7 Å². The third-order valence-electron chi connectivity index (χ3n) is 2.54. The molecule has 4 nitrogen and oxygen atoms in total. The molecule has 4 heteroatoms. The summed E-state index contributed by atoms with van der Waals surface area (Å²) in [6.07, 6.45) is 3.27. The van der Waals surface area contributed by atoms with E-state index in [2.05, 4.69) is 0 Å². The Hall–Kier alpha value is -0.770. The lowest BCUT2D eigenvalue weighted by Gasteiger charge is -2.27. The van der Waals surface area contributed by atoms with Gasteiger partial charge in [0.15, 0.2) is 0 Å². The second-order valence-corrected chi connectivity index (χ2v) is 4.56. The molecule has 2 atom stereocenters. The van der Waals surface area contributed by atoms with Crippen molar-refractivity contribution in [3.63, 3.8) is 0 Å². The Bertz CT molecular complexity index is 206. The summed E-state index contributed by atoms with van der Waals surface area (Å²) in [6.45, 7) is 4.38. The Balaban J connectivity index is 2.24. The molecule has 88 valence electrons. The van der Waals surface area contributed by atoms with Crippen molar-refractivity contribution in [3.05, 3.63) is 0 Å². The normalized spacial score (nSPS) is 26.4. The predicted molar refractivity (Wildman–Crippen MR) is 57.5 cm³/mol. The maximum Gasteiger partial charge on any atom is 0.508 e. The van der Waals surface area contributed by atoms with Gasteiger partial charge in [-0.05, 0) is 25.2 Å². The van der Waals surface area contributed by atoms with Crippen molar-refractivity contribution in [2.75, 3.05) is 6.61 Å². The Kier molecular flexibility index (Phi) is 4.88. The number of nitrogens with two attached hydrogens (primary N) is 1. The minimum Gasteiger partial charge on any atom is -0.434 e. The van der Waals surface area contributed by atoms with Gasteiger partial charge in [-0.3, -0.25) is 0 Å². The molecule has 0 aliphatic heterocycles. The van der Waals surface area contributed by atoms with Crippen molar-refractivity contribution >= 4 is 6.16 Å². The van der Waals surface area contributed by atoms with Crippen LogP contribution < -0.4 is 5.73 Å². The molecule has 1 aliphatic carbocycles. The summed E-state index contributed by atoms with van der Waals surface area (Å²) >= 11 is 0. The fourth-order valence-corrected chi connectivity index (χ4v) is 1.66. The van der Waals surface area contributed by atoms with Gasteiger partial charge in [-0.2, -0.15) is 0 Å². The van der Waals surface area contributed by atoms with Crippen LogP contribution in [0.4, 0.5) is 4.79 Å². The second kappa shape index (κ2) is 5.95. The maximum atomic E-state index is 11.3. The molecule has 2 N–H and O–H groups in total. The number of carbonyl (C=O) groups excluding carboxylic acids is 1. The van der Waals surface area contributed by atoms with Crippen LogP contribution in [0.3, 0.4) is 0 Å². The Labute approximate surface area is 91.1 Å². The summed E-state index contributed by atoms with van der Waals surface area (Å²) in [5, 5.41) is 0. The van der Waals surface area contributed by atoms with Crippen LogP contribution in [-0.4, -0.2) is 24.9 Å². The molecular weight excluding hydrogens is 194 g/mol. The molecule has 0 spiro atoms. The summed E-state index contributed by atoms with van der Waals surface area (Å²) in [4.78, 5) is 11.3. The highest BCUT2D eigenvalue weighted by atomic mass is 16.7. The topological polar surface area (TPSA) is 61.5 Å². The molecule has 15 heavy (non-hydrogen) atoms. The zero-order valence-electron chi connectivity index (χ0n) is 9.57. The smallest absolute Gasteiger partial charge is 0.434 e. The molecule has 1 rings (SSSR count). The van der Waals surface area contributed by atoms with Gasteiger partial charge in [-0.15, -0.1) is 0 Å². The van der Waals surface area contributed by atoms with E-state index in [1.165, 1.54) is 0 Å². The van der Waals surface area contributed by atoms with Crippen molar-refractivity contribution in [3.8, 4) is 0 Å². The molecule has 0 aromatic carbocycles. The highest BCUT2D eigenvalue weighted by Gasteiger charge is 2.25. The summed E-state index contributed by atoms with van der Waals surface area (Å²) in [5.41, 5.74) is 5.85. The first-order valence-electron chi connectivity index (χ1n) is 5.68. The van der Waals surface area contributed by atoms with Crippen LogP contribution in [0.15, 0.2) is 0 Å². The number of ether oxygens (including phenoxy) is 2. The summed E-state index contributed by atoms with van der Waals surface area (Å²) in [7, 11) is 0. The molecule has 1 aliphatic rings. The third-order valence-corrected chi connectivity index (χ3v) is 2.54. The molecule has 0 bridgehead atoms. The van der Waals surface area contributed by atoms with Crippen molar-refractivity contribution in [2.45, 2.75) is 51.7 Å². The minimum absolute atomic E-state index is 0.0228. The largest absolute Gasteiger partial charge is 0.508 e. The van der Waals surface area contributed by atoms with Crippen LogP contribution in [0.2, 0.25) is 0 Å². The number of carbonyl (C=O) groups is 1. The molecular formula is C11H21NO3. The molecule has 0 saturated heterocycles. The zero-order chi connectivity index (χ0) is 11.3. The number of hydrogen-bond acceptors (Lipinski definition) is 4. The molecule has 0 heterocycles. The lowest BCUT2D eigenvalue weighted by Crippen LogP contribution is -2.40. The SMILES string of the molecule is CC(C)COC(=O)OC1CCCCC1N. The van der Waals surface area contributed by atoms with Gasteiger partial charge in [0.2, 0.25) is 0 Å². The van der Waals surface area contributed by atoms with E-state index in [1.807, 2.05) is 13.8 Å². The van der Waals surface area contributed by atoms with Crippen LogP contribution in [0.1, 0.15) is 39.5 Å². The lowest BCUT2D eigenvalue weighted by atomic mass is 9.93. The summed E-state index contributed by atoms with van der Waals surface area (Å²) in [6, 6.07) is -0.0228. The van der Waals surface area contributed by atoms with Crippen LogP contribution in [0, 0.1) is 5.92 Å². The second-order valence-electron chi connectivity index (χ2n) is 4.56. The van der Waals surface area contributed by atoms with E-state index in [1.54, 1.807) is 0 Å². The fraction of sp³-hybridized carbons (Fsp3) is 0.909. The van der Waals surface area contributed by atoms with Gasteiger partial charge in [0.05, 0.1) is 6.61 Å². The van der Waals surface area contributed by atoms with Crippen LogP contribution in [-0.2, 0) is 9.47 Å². The third kappa shape index (κ3) is 4.51. The fourth-order valence-electron chi connectivity index (χ4n) is 1.66. The predicted octanol–water partition coefficient (Wildman–Crippen LogP) is 2.07. The molecule has 1 saturated carbocycles. The molecule has 0 aromatic heterocycles. The standard InChI is InChI=1S/C11H21NO3/c1-8(2)7-14-11(13)15-10-6-4-3-5-9(10)12/h8-10H,3-7,12H2,1-2H3. The van der Waals surface area contributed by atoms with Gasteiger partial charge in [0.25, 0.3) is 0 Å². The number of rotatable bonds is 3. The van der Waals surface area contributed by atoms with E-state index in [4.69, 9.17) is 15.2 Å². The Morgan fingerprint density at radius 2 is 2.07 bits per heavy atom. The van der Waals surface area contributed by atoms with Crippen molar-refractivity contribution < 1.29 is 14.3 Å². The minimum atomic E-state index is -0.578. The summed E-state index contributed by atoms with van der Waals surface area (Å²) < 4.78 is 10.1. The average molecular weight is 215 g/mol. The number of hydrogen-bond donors (Lipinski definition) is 1. The monoisotopic (exact) mass is 215 g/mol. The van der Waals surface area contributed by atoms with E-state index >= 15 is 0 Å². The van der Waals surface area contributed by atoms with Crippen LogP contribution in [0.25, 0.3) is 0 Å². The van der Waals surface area contributed by atoms with Crippen molar-refractivity contribution in [2.24, 2.45) is 11.7 Å². The van der Waals surface area contributed by atoms with E-state index < -0.39 is 6.16 Å². The maximum absolute atomic E-state index is 11.3. The first-order valence-corrected chi connectivity index (χ1v) is 5.68. The van der Waals surface area contributed by atoms with Crippen molar-refractivity contribution in [1.82, 2.24) is 0 Å². The van der Waals surface area contributed by atoms with Crippen molar-refractivity contribution in [1.29, 1.82) is 0 Å². The van der Waals surface area contributed by atoms with Gasteiger partial charge >= 0.3 is 6.16 Å². The van der Waals surface area contributed by atoms with Gasteiger partial charge in [0.1, 0.15) is 6.10 Å². The molecule has 0 amide bonds. The first-order chi connectivity index (χ1) is 7.09. The van der Waals surface area contributed by atoms with E-state index in [9.17, 15) is 4.79 Å². The van der Waals surface area contributed by atoms with Crippen LogP contribution >= 0.6 is 0 Å². The van der Waals surface area contributed by atoms with Gasteiger partial charge in [-0.25, -0.2) is 4.79 Å². The average Bonchev–Trinajstić information content (AvgIpc) is 2.18. The zero-order valence-corrected chi connectivity index (χ0v) is 9.57. The molecule has 1 fully saturated rings. The Morgan fingerprint density at radius 3 is 2.67 bits per heavy atom. The highest BCUT2D eigenvalue weighted by molar-refractivity contribution is 5.60. The first kappa shape index (κ1) is 12.3. The van der Waals surface area contributed by atoms with E-state index in [0.29, 0.717) is 12.5 Å². The highest BCUT2D eigenvalue weighted by Crippen LogP contribution is 2.20. The van der Waals surface area contributed by atoms with Crippen LogP contribution in [0.5, 0.6) is 0 Å². The van der Waals surface area contributed by atoms with Gasteiger partial charge < -0.3 is 15.2 Å². The van der Waals surface area contributed by atoms with E-state index in [-0.39, 0.29) is 12.1 Å². The molecule has 0 radical (unpaired) electrons. The molecule has 0 aromatic rings.